The Kier molecular flexibility index (Phi) is 5.65. The van der Waals surface area contributed by atoms with Crippen molar-refractivity contribution in [1.29, 1.82) is 0 Å². The van der Waals surface area contributed by atoms with E-state index in [0.29, 0.717) is 22.0 Å². The Morgan fingerprint density at radius 2 is 1.66 bits per heavy atom. The Morgan fingerprint density at radius 1 is 0.971 bits per heavy atom. The quantitative estimate of drug-likeness (QED) is 0.223. The Morgan fingerprint density at radius 3 is 2.37 bits per heavy atom. The number of aryl methyl sites for hydroxylation is 3. The van der Waals surface area contributed by atoms with Crippen LogP contribution >= 0.6 is 11.3 Å². The Hall–Kier alpha value is -3.97. The second kappa shape index (κ2) is 8.67. The highest BCUT2D eigenvalue weighted by Crippen LogP contribution is 2.45. The predicted molar refractivity (Wildman–Crippen MR) is 138 cm³/mol. The largest absolute Gasteiger partial charge is 0.507 e. The highest BCUT2D eigenvalue weighted by molar-refractivity contribution is 7.22. The lowest BCUT2D eigenvalue weighted by molar-refractivity contribution is -0.132. The molecule has 0 radical (unpaired) electrons. The summed E-state index contributed by atoms with van der Waals surface area (Å²) >= 11 is 1.35. The van der Waals surface area contributed by atoms with Crippen LogP contribution in [0.25, 0.3) is 16.0 Å². The van der Waals surface area contributed by atoms with Gasteiger partial charge in [0.25, 0.3) is 5.78 Å². The van der Waals surface area contributed by atoms with E-state index < -0.39 is 17.7 Å². The fourth-order valence-corrected chi connectivity index (χ4v) is 5.48. The summed E-state index contributed by atoms with van der Waals surface area (Å²) in [7, 11) is 1.57. The number of carbonyl (C=O) groups excluding carboxylic acids is 2. The monoisotopic (exact) mass is 484 g/mol. The van der Waals surface area contributed by atoms with E-state index in [2.05, 4.69) is 4.98 Å². The van der Waals surface area contributed by atoms with E-state index in [1.165, 1.54) is 16.2 Å². The van der Waals surface area contributed by atoms with Gasteiger partial charge in [0.15, 0.2) is 5.13 Å². The van der Waals surface area contributed by atoms with E-state index in [0.717, 1.165) is 26.9 Å². The molecule has 1 aliphatic heterocycles. The van der Waals surface area contributed by atoms with Gasteiger partial charge in [-0.1, -0.05) is 47.2 Å². The summed E-state index contributed by atoms with van der Waals surface area (Å²) in [5.41, 5.74) is 4.83. The summed E-state index contributed by atoms with van der Waals surface area (Å²) in [6, 6.07) is 17.8. The SMILES string of the molecule is COc1ccc(C2/C(=C(\O)c3cc(C)ccc3C)C(=O)C(=O)N2c2nc3ccc(C)cc3s2)cc1. The second-order valence-corrected chi connectivity index (χ2v) is 9.74. The molecule has 176 valence electrons. The first-order valence-corrected chi connectivity index (χ1v) is 12.0. The second-order valence-electron chi connectivity index (χ2n) is 8.73. The number of aromatic nitrogens is 1. The Bertz CT molecular complexity index is 1520. The normalized spacial score (nSPS) is 17.4. The minimum Gasteiger partial charge on any atom is -0.507 e. The van der Waals surface area contributed by atoms with Crippen LogP contribution in [0.4, 0.5) is 5.13 Å². The van der Waals surface area contributed by atoms with E-state index in [1.54, 1.807) is 31.4 Å². The van der Waals surface area contributed by atoms with Crippen LogP contribution in [-0.4, -0.2) is 28.9 Å². The van der Waals surface area contributed by atoms with Gasteiger partial charge in [0, 0.05) is 5.56 Å². The van der Waals surface area contributed by atoms with E-state index in [-0.39, 0.29) is 11.3 Å². The number of rotatable bonds is 4. The van der Waals surface area contributed by atoms with E-state index in [4.69, 9.17) is 4.74 Å². The van der Waals surface area contributed by atoms with Crippen molar-refractivity contribution in [3.63, 3.8) is 0 Å². The lowest BCUT2D eigenvalue weighted by Gasteiger charge is -2.23. The molecular weight excluding hydrogens is 460 g/mol. The molecule has 1 aromatic heterocycles. The molecule has 0 spiro atoms. The number of thiazole rings is 1. The molecule has 5 rings (SSSR count). The van der Waals surface area contributed by atoms with Crippen molar-refractivity contribution in [2.75, 3.05) is 12.0 Å². The number of benzene rings is 3. The summed E-state index contributed by atoms with van der Waals surface area (Å²) in [5, 5.41) is 11.8. The molecule has 0 aliphatic carbocycles. The van der Waals surface area contributed by atoms with Crippen molar-refractivity contribution in [3.05, 3.63) is 94.1 Å². The zero-order chi connectivity index (χ0) is 24.9. The van der Waals surface area contributed by atoms with E-state index >= 15 is 0 Å². The van der Waals surface area contributed by atoms with Crippen LogP contribution in [0, 0.1) is 20.8 Å². The van der Waals surface area contributed by atoms with Crippen molar-refractivity contribution >= 4 is 44.1 Å². The van der Waals surface area contributed by atoms with Gasteiger partial charge in [-0.3, -0.25) is 14.5 Å². The van der Waals surface area contributed by atoms with E-state index in [1.807, 2.05) is 57.2 Å². The molecule has 2 heterocycles. The fourth-order valence-electron chi connectivity index (χ4n) is 4.39. The van der Waals surface area contributed by atoms with Crippen molar-refractivity contribution < 1.29 is 19.4 Å². The van der Waals surface area contributed by atoms with Crippen LogP contribution in [0.5, 0.6) is 5.75 Å². The molecule has 3 aromatic carbocycles. The smallest absolute Gasteiger partial charge is 0.301 e. The summed E-state index contributed by atoms with van der Waals surface area (Å²) in [4.78, 5) is 32.9. The van der Waals surface area contributed by atoms with Gasteiger partial charge < -0.3 is 9.84 Å². The molecule has 1 fully saturated rings. The van der Waals surface area contributed by atoms with Gasteiger partial charge in [-0.2, -0.15) is 0 Å². The minimum atomic E-state index is -0.831. The molecular formula is C28H24N2O4S. The van der Waals surface area contributed by atoms with Gasteiger partial charge in [-0.05, 0) is 67.8 Å². The van der Waals surface area contributed by atoms with Gasteiger partial charge >= 0.3 is 5.91 Å². The number of amides is 1. The van der Waals surface area contributed by atoms with Crippen LogP contribution in [0.1, 0.15) is 33.9 Å². The standard InChI is InChI=1S/C28H24N2O4S/c1-15-5-7-17(3)20(13-15)25(31)23-24(18-8-10-19(34-4)11-9-18)30(27(33)26(23)32)28-29-21-12-6-16(2)14-22(21)35-28/h5-14,24,31H,1-4H3/b25-23+. The summed E-state index contributed by atoms with van der Waals surface area (Å²) in [6.45, 7) is 5.77. The number of methoxy groups -OCH3 is 1. The van der Waals surface area contributed by atoms with E-state index in [9.17, 15) is 14.7 Å². The highest BCUT2D eigenvalue weighted by atomic mass is 32.1. The number of Topliss-reactive ketones (excluding diaryl/α,β-unsaturated/α-hetero) is 1. The Labute approximate surface area is 207 Å². The lowest BCUT2D eigenvalue weighted by atomic mass is 9.93. The van der Waals surface area contributed by atoms with Crippen LogP contribution in [0.15, 0.2) is 66.2 Å². The first-order valence-electron chi connectivity index (χ1n) is 11.2. The van der Waals surface area contributed by atoms with Gasteiger partial charge in [0.2, 0.25) is 0 Å². The molecule has 7 heteroatoms. The number of carbonyl (C=O) groups is 2. The molecule has 4 aromatic rings. The molecule has 1 saturated heterocycles. The van der Waals surface area contributed by atoms with Crippen LogP contribution in [0.2, 0.25) is 0 Å². The number of ketones is 1. The molecule has 1 unspecified atom stereocenters. The maximum Gasteiger partial charge on any atom is 0.301 e. The first kappa shape index (κ1) is 22.8. The summed E-state index contributed by atoms with van der Waals surface area (Å²) < 4.78 is 6.21. The van der Waals surface area contributed by atoms with Crippen molar-refractivity contribution in [1.82, 2.24) is 4.98 Å². The molecule has 1 N–H and O–H groups in total. The van der Waals surface area contributed by atoms with Gasteiger partial charge in [-0.15, -0.1) is 0 Å². The third kappa shape index (κ3) is 3.88. The molecule has 0 saturated carbocycles. The number of anilines is 1. The molecule has 0 bridgehead atoms. The maximum atomic E-state index is 13.4. The first-order chi connectivity index (χ1) is 16.8. The molecule has 35 heavy (non-hydrogen) atoms. The fraction of sp³-hybridized carbons (Fsp3) is 0.179. The summed E-state index contributed by atoms with van der Waals surface area (Å²) in [6.07, 6.45) is 0. The Balaban J connectivity index is 1.75. The molecule has 1 aliphatic rings. The van der Waals surface area contributed by atoms with Gasteiger partial charge in [0.1, 0.15) is 11.5 Å². The van der Waals surface area contributed by atoms with Crippen LogP contribution in [-0.2, 0) is 9.59 Å². The third-order valence-electron chi connectivity index (χ3n) is 6.26. The zero-order valence-corrected chi connectivity index (χ0v) is 20.6. The average Bonchev–Trinajstić information content (AvgIpc) is 3.38. The third-order valence-corrected chi connectivity index (χ3v) is 7.28. The topological polar surface area (TPSA) is 79.7 Å². The number of ether oxygens (including phenoxy) is 1. The predicted octanol–water partition coefficient (Wildman–Crippen LogP) is 5.86. The maximum absolute atomic E-state index is 13.4. The summed E-state index contributed by atoms with van der Waals surface area (Å²) in [5.74, 6) is -0.992. The number of aliphatic hydroxyl groups excluding tert-OH is 1. The number of nitrogens with zero attached hydrogens (tertiary/aromatic N) is 2. The number of hydrogen-bond acceptors (Lipinski definition) is 6. The number of aliphatic hydroxyl groups is 1. The number of hydrogen-bond donors (Lipinski definition) is 1. The molecule has 6 nitrogen and oxygen atoms in total. The molecule has 1 atom stereocenters. The van der Waals surface area contributed by atoms with Gasteiger partial charge in [-0.25, -0.2) is 4.98 Å². The lowest BCUT2D eigenvalue weighted by Crippen LogP contribution is -2.29. The molecule has 1 amide bonds. The van der Waals surface area contributed by atoms with Crippen LogP contribution in [0.3, 0.4) is 0 Å². The van der Waals surface area contributed by atoms with Gasteiger partial charge in [0.05, 0.1) is 28.9 Å². The zero-order valence-electron chi connectivity index (χ0n) is 19.8. The van der Waals surface area contributed by atoms with Crippen molar-refractivity contribution in [2.24, 2.45) is 0 Å². The van der Waals surface area contributed by atoms with Crippen LogP contribution < -0.4 is 9.64 Å². The average molecular weight is 485 g/mol. The highest BCUT2D eigenvalue weighted by Gasteiger charge is 2.48. The minimum absolute atomic E-state index is 0.0457. The van der Waals surface area contributed by atoms with Crippen molar-refractivity contribution in [2.45, 2.75) is 26.8 Å². The number of fused-ring (bicyclic) bond motifs is 1. The van der Waals surface area contributed by atoms with Crippen molar-refractivity contribution in [3.8, 4) is 5.75 Å².